The van der Waals surface area contributed by atoms with E-state index in [0.29, 0.717) is 0 Å². The topological polar surface area (TPSA) is 57.4 Å². The normalized spacial score (nSPS) is 13.6. The Morgan fingerprint density at radius 1 is 0.452 bits per heavy atom. The van der Waals surface area contributed by atoms with Gasteiger partial charge in [-0.2, -0.15) is 0 Å². The molecule has 0 spiro atoms. The summed E-state index contributed by atoms with van der Waals surface area (Å²) in [5, 5.41) is 5.64. The Labute approximate surface area is 244 Å². The van der Waals surface area contributed by atoms with E-state index in [9.17, 15) is 0 Å². The van der Waals surface area contributed by atoms with E-state index in [1.807, 2.05) is 42.5 Å². The summed E-state index contributed by atoms with van der Waals surface area (Å²) in [6, 6.07) is 34.4. The summed E-state index contributed by atoms with van der Waals surface area (Å²) >= 11 is 0. The van der Waals surface area contributed by atoms with E-state index in [1.165, 1.54) is 47.2 Å². The Morgan fingerprint density at radius 2 is 1.02 bits per heavy atom. The summed E-state index contributed by atoms with van der Waals surface area (Å²) < 4.78 is 0. The molecule has 8 bridgehead atoms. The standard InChI is InChI=1S/C20H14N4.C18H16/c1-2-14-10-16-5-6-18(23-16)12-20-8-7-19(24-20)11-17-4-3-15(22-17)9-13(1)21-14;1-3-7-15-13(5-1)9-11-18-16-8-4-2-6-14(16)10-12-17(15)18/h1-12,21-22H;1,3,5,7,9-12H,2,4,6,8H2. The summed E-state index contributed by atoms with van der Waals surface area (Å²) in [5.41, 5.74) is 11.0. The summed E-state index contributed by atoms with van der Waals surface area (Å²) in [6.07, 6.45) is 13.3. The van der Waals surface area contributed by atoms with Crippen LogP contribution in [0.25, 0.3) is 67.9 Å². The minimum atomic E-state index is 0.915. The molecule has 0 radical (unpaired) electrons. The number of fused-ring (bicyclic) bond motifs is 13. The van der Waals surface area contributed by atoms with Crippen LogP contribution in [0.2, 0.25) is 0 Å². The molecule has 3 aliphatic rings. The second kappa shape index (κ2) is 10.3. The molecule has 6 aromatic rings. The van der Waals surface area contributed by atoms with Gasteiger partial charge in [0.1, 0.15) is 0 Å². The van der Waals surface area contributed by atoms with Crippen molar-refractivity contribution in [3.05, 3.63) is 131 Å². The SMILES string of the molecule is C1=Cc2cc3ccc(cc4ccc(cc5nc(cc1n2)C=C5)[nH]4)[nH]3.c1ccc2c(c1)ccc1c3c(ccc12)CCCC3. The fraction of sp³-hybridized carbons (Fsp3) is 0.105. The summed E-state index contributed by atoms with van der Waals surface area (Å²) in [7, 11) is 0. The third kappa shape index (κ3) is 4.82. The molecule has 2 aliphatic heterocycles. The molecule has 0 amide bonds. The molecule has 0 fully saturated rings. The van der Waals surface area contributed by atoms with Gasteiger partial charge >= 0.3 is 0 Å². The molecule has 2 N–H and O–H groups in total. The van der Waals surface area contributed by atoms with Crippen LogP contribution in [0.5, 0.6) is 0 Å². The summed E-state index contributed by atoms with van der Waals surface area (Å²) in [4.78, 5) is 16.0. The molecule has 1 aliphatic carbocycles. The zero-order chi connectivity index (χ0) is 27.9. The van der Waals surface area contributed by atoms with Crippen LogP contribution in [0, 0.1) is 0 Å². The fourth-order valence-electron chi connectivity index (χ4n) is 6.29. The number of nitrogens with one attached hydrogen (secondary N) is 2. The van der Waals surface area contributed by atoms with E-state index >= 15 is 0 Å². The number of aryl methyl sites for hydroxylation is 2. The van der Waals surface area contributed by atoms with Crippen LogP contribution in [0.15, 0.2) is 97.1 Å². The second-order valence-electron chi connectivity index (χ2n) is 11.2. The van der Waals surface area contributed by atoms with Crippen molar-refractivity contribution in [1.82, 2.24) is 19.9 Å². The number of aromatic amines is 2. The Balaban J connectivity index is 0.000000132. The molecule has 5 heterocycles. The van der Waals surface area contributed by atoms with E-state index < -0.39 is 0 Å². The number of hydrogen-bond donors (Lipinski definition) is 2. The molecule has 0 atom stereocenters. The van der Waals surface area contributed by atoms with Crippen LogP contribution in [0.3, 0.4) is 0 Å². The Bertz CT molecular complexity index is 2120. The average Bonchev–Trinajstić information content (AvgIpc) is 3.84. The van der Waals surface area contributed by atoms with Crippen LogP contribution in [0.4, 0.5) is 0 Å². The molecule has 202 valence electrons. The number of hydrogen-bond acceptors (Lipinski definition) is 2. The van der Waals surface area contributed by atoms with Gasteiger partial charge in [0, 0.05) is 22.1 Å². The van der Waals surface area contributed by atoms with Crippen molar-refractivity contribution in [3.8, 4) is 0 Å². The van der Waals surface area contributed by atoms with Crippen LogP contribution >= 0.6 is 0 Å². The van der Waals surface area contributed by atoms with Gasteiger partial charge in [0.15, 0.2) is 0 Å². The van der Waals surface area contributed by atoms with Crippen LogP contribution in [-0.4, -0.2) is 19.9 Å². The zero-order valence-electron chi connectivity index (χ0n) is 23.3. The number of nitrogens with zero attached hydrogens (tertiary/aromatic N) is 2. The lowest BCUT2D eigenvalue weighted by molar-refractivity contribution is 0.690. The van der Waals surface area contributed by atoms with Crippen LogP contribution < -0.4 is 0 Å². The highest BCUT2D eigenvalue weighted by Crippen LogP contribution is 2.33. The first-order valence-electron chi connectivity index (χ1n) is 14.7. The smallest absolute Gasteiger partial charge is 0.0659 e. The molecule has 9 rings (SSSR count). The molecule has 3 aromatic carbocycles. The van der Waals surface area contributed by atoms with Gasteiger partial charge in [-0.15, -0.1) is 0 Å². The molecule has 4 nitrogen and oxygen atoms in total. The molecule has 4 heteroatoms. The molecule has 0 saturated carbocycles. The van der Waals surface area contributed by atoms with E-state index in [1.54, 1.807) is 11.1 Å². The first-order valence-corrected chi connectivity index (χ1v) is 14.7. The first kappa shape index (κ1) is 24.6. The summed E-state index contributed by atoms with van der Waals surface area (Å²) in [5.74, 6) is 0. The molecule has 42 heavy (non-hydrogen) atoms. The largest absolute Gasteiger partial charge is 0.355 e. The van der Waals surface area contributed by atoms with Crippen molar-refractivity contribution in [2.24, 2.45) is 0 Å². The fourth-order valence-corrected chi connectivity index (χ4v) is 6.29. The third-order valence-electron chi connectivity index (χ3n) is 8.30. The lowest BCUT2D eigenvalue weighted by atomic mass is 9.86. The predicted octanol–water partition coefficient (Wildman–Crippen LogP) is 9.53. The van der Waals surface area contributed by atoms with Gasteiger partial charge in [-0.25, -0.2) is 9.97 Å². The monoisotopic (exact) mass is 542 g/mol. The van der Waals surface area contributed by atoms with Gasteiger partial charge in [-0.1, -0.05) is 48.5 Å². The van der Waals surface area contributed by atoms with E-state index in [4.69, 9.17) is 0 Å². The lowest BCUT2D eigenvalue weighted by Crippen LogP contribution is -2.02. The Hall–Kier alpha value is -5.22. The van der Waals surface area contributed by atoms with Crippen molar-refractivity contribution in [2.45, 2.75) is 25.7 Å². The third-order valence-corrected chi connectivity index (χ3v) is 8.30. The Morgan fingerprint density at radius 3 is 1.71 bits per heavy atom. The Kier molecular flexibility index (Phi) is 6.03. The molecular formula is C38H30N4. The maximum Gasteiger partial charge on any atom is 0.0659 e. The highest BCUT2D eigenvalue weighted by Gasteiger charge is 2.13. The van der Waals surface area contributed by atoms with Crippen molar-refractivity contribution in [2.75, 3.05) is 0 Å². The van der Waals surface area contributed by atoms with Gasteiger partial charge < -0.3 is 9.97 Å². The van der Waals surface area contributed by atoms with Gasteiger partial charge in [0.25, 0.3) is 0 Å². The maximum absolute atomic E-state index is 4.62. The van der Waals surface area contributed by atoms with Crippen LogP contribution in [0.1, 0.15) is 46.7 Å². The van der Waals surface area contributed by atoms with E-state index in [2.05, 4.69) is 98.8 Å². The minimum Gasteiger partial charge on any atom is -0.355 e. The van der Waals surface area contributed by atoms with E-state index in [-0.39, 0.29) is 0 Å². The number of benzene rings is 3. The van der Waals surface area contributed by atoms with Crippen molar-refractivity contribution in [1.29, 1.82) is 0 Å². The average molecular weight is 543 g/mol. The molecule has 3 aromatic heterocycles. The highest BCUT2D eigenvalue weighted by atomic mass is 14.8. The van der Waals surface area contributed by atoms with Gasteiger partial charge in [-0.3, -0.25) is 0 Å². The van der Waals surface area contributed by atoms with Gasteiger partial charge in [0.2, 0.25) is 0 Å². The van der Waals surface area contributed by atoms with Crippen molar-refractivity contribution < 1.29 is 0 Å². The van der Waals surface area contributed by atoms with Crippen molar-refractivity contribution in [3.63, 3.8) is 0 Å². The van der Waals surface area contributed by atoms with Crippen LogP contribution in [-0.2, 0) is 12.8 Å². The maximum atomic E-state index is 4.62. The number of rotatable bonds is 0. The minimum absolute atomic E-state index is 0.915. The van der Waals surface area contributed by atoms with Gasteiger partial charge in [0.05, 0.1) is 22.8 Å². The number of H-pyrrole nitrogens is 2. The van der Waals surface area contributed by atoms with Crippen molar-refractivity contribution >= 4 is 67.9 Å². The second-order valence-corrected chi connectivity index (χ2v) is 11.2. The molecular weight excluding hydrogens is 512 g/mol. The molecule has 0 saturated heterocycles. The van der Waals surface area contributed by atoms with E-state index in [0.717, 1.165) is 44.8 Å². The highest BCUT2D eigenvalue weighted by molar-refractivity contribution is 6.08. The summed E-state index contributed by atoms with van der Waals surface area (Å²) in [6.45, 7) is 0. The predicted molar refractivity (Wildman–Crippen MR) is 177 cm³/mol. The molecule has 0 unspecified atom stereocenters. The van der Waals surface area contributed by atoms with Gasteiger partial charge in [-0.05, 0) is 131 Å². The quantitative estimate of drug-likeness (QED) is 0.187. The zero-order valence-corrected chi connectivity index (χ0v) is 23.3. The lowest BCUT2D eigenvalue weighted by Gasteiger charge is -2.18. The number of aromatic nitrogens is 4. The first-order chi connectivity index (χ1) is 20.7.